The summed E-state index contributed by atoms with van der Waals surface area (Å²) in [6.45, 7) is 0. The standard InChI is InChI=1S/C18H18O3/c1-20-16-6-2-13(3-7-16)11-17-8-5-15-10-14(12-19)4-9-18(15)21-17/h2-4,6-7,9-10,12,17H,5,8,11H2,1H3/t17-/m1/s1. The molecule has 0 aromatic heterocycles. The number of fused-ring (bicyclic) bond motifs is 1. The molecule has 2 aromatic rings. The Kier molecular flexibility index (Phi) is 3.91. The van der Waals surface area contributed by atoms with E-state index in [-0.39, 0.29) is 6.10 Å². The van der Waals surface area contributed by atoms with Crippen LogP contribution in [0.5, 0.6) is 11.5 Å². The van der Waals surface area contributed by atoms with Crippen molar-refractivity contribution in [3.05, 3.63) is 59.2 Å². The molecule has 1 aliphatic rings. The average Bonchev–Trinajstić information content (AvgIpc) is 2.55. The Labute approximate surface area is 124 Å². The molecule has 1 aliphatic heterocycles. The molecule has 0 saturated heterocycles. The summed E-state index contributed by atoms with van der Waals surface area (Å²) < 4.78 is 11.2. The van der Waals surface area contributed by atoms with Crippen molar-refractivity contribution in [2.24, 2.45) is 0 Å². The molecule has 1 atom stereocenters. The molecule has 0 spiro atoms. The molecule has 0 amide bonds. The summed E-state index contributed by atoms with van der Waals surface area (Å²) in [6, 6.07) is 13.7. The van der Waals surface area contributed by atoms with Gasteiger partial charge >= 0.3 is 0 Å². The number of hydrogen-bond donors (Lipinski definition) is 0. The number of methoxy groups -OCH3 is 1. The van der Waals surface area contributed by atoms with Crippen molar-refractivity contribution in [1.29, 1.82) is 0 Å². The van der Waals surface area contributed by atoms with Crippen LogP contribution in [0.25, 0.3) is 0 Å². The van der Waals surface area contributed by atoms with Crippen LogP contribution in [0.15, 0.2) is 42.5 Å². The van der Waals surface area contributed by atoms with Crippen molar-refractivity contribution in [3.63, 3.8) is 0 Å². The molecule has 0 aliphatic carbocycles. The van der Waals surface area contributed by atoms with Crippen molar-refractivity contribution in [1.82, 2.24) is 0 Å². The van der Waals surface area contributed by atoms with E-state index in [9.17, 15) is 4.79 Å². The van der Waals surface area contributed by atoms with Gasteiger partial charge in [-0.05, 0) is 54.3 Å². The van der Waals surface area contributed by atoms with E-state index in [2.05, 4.69) is 12.1 Å². The lowest BCUT2D eigenvalue weighted by Crippen LogP contribution is -2.25. The molecule has 0 N–H and O–H groups in total. The zero-order chi connectivity index (χ0) is 14.7. The van der Waals surface area contributed by atoms with Crippen LogP contribution in [0, 0.1) is 0 Å². The second kappa shape index (κ2) is 6.00. The highest BCUT2D eigenvalue weighted by Gasteiger charge is 2.20. The van der Waals surface area contributed by atoms with E-state index in [1.165, 1.54) is 5.56 Å². The highest BCUT2D eigenvalue weighted by molar-refractivity contribution is 5.75. The average molecular weight is 282 g/mol. The number of rotatable bonds is 4. The van der Waals surface area contributed by atoms with E-state index in [4.69, 9.17) is 9.47 Å². The number of aryl methyl sites for hydroxylation is 1. The highest BCUT2D eigenvalue weighted by atomic mass is 16.5. The van der Waals surface area contributed by atoms with Gasteiger partial charge < -0.3 is 9.47 Å². The van der Waals surface area contributed by atoms with Gasteiger partial charge in [-0.2, -0.15) is 0 Å². The van der Waals surface area contributed by atoms with Crippen LogP contribution in [0.2, 0.25) is 0 Å². The van der Waals surface area contributed by atoms with E-state index in [1.807, 2.05) is 30.3 Å². The predicted molar refractivity (Wildman–Crippen MR) is 81.3 cm³/mol. The Hall–Kier alpha value is -2.29. The molecular formula is C18H18O3. The molecule has 0 fully saturated rings. The zero-order valence-electron chi connectivity index (χ0n) is 12.0. The van der Waals surface area contributed by atoms with Crippen molar-refractivity contribution < 1.29 is 14.3 Å². The van der Waals surface area contributed by atoms with E-state index in [0.29, 0.717) is 5.56 Å². The van der Waals surface area contributed by atoms with Crippen LogP contribution in [-0.4, -0.2) is 19.5 Å². The molecule has 21 heavy (non-hydrogen) atoms. The second-order valence-corrected chi connectivity index (χ2v) is 5.32. The minimum atomic E-state index is 0.188. The van der Waals surface area contributed by atoms with Crippen LogP contribution in [0.1, 0.15) is 27.9 Å². The summed E-state index contributed by atoms with van der Waals surface area (Å²) in [5.74, 6) is 1.78. The van der Waals surface area contributed by atoms with Crippen LogP contribution in [0.3, 0.4) is 0 Å². The van der Waals surface area contributed by atoms with Gasteiger partial charge in [-0.15, -0.1) is 0 Å². The fourth-order valence-electron chi connectivity index (χ4n) is 2.71. The fraction of sp³-hybridized carbons (Fsp3) is 0.278. The monoisotopic (exact) mass is 282 g/mol. The predicted octanol–water partition coefficient (Wildman–Crippen LogP) is 3.44. The van der Waals surface area contributed by atoms with E-state index in [0.717, 1.165) is 42.6 Å². The van der Waals surface area contributed by atoms with Gasteiger partial charge in [-0.1, -0.05) is 12.1 Å². The molecule has 3 rings (SSSR count). The largest absolute Gasteiger partial charge is 0.497 e. The molecule has 2 aromatic carbocycles. The first-order valence-corrected chi connectivity index (χ1v) is 7.16. The lowest BCUT2D eigenvalue weighted by molar-refractivity contribution is 0.112. The number of aldehydes is 1. The molecule has 0 saturated carbocycles. The van der Waals surface area contributed by atoms with Crippen LogP contribution < -0.4 is 9.47 Å². The van der Waals surface area contributed by atoms with Gasteiger partial charge in [-0.25, -0.2) is 0 Å². The summed E-state index contributed by atoms with van der Waals surface area (Å²) in [4.78, 5) is 10.8. The molecule has 0 radical (unpaired) electrons. The lowest BCUT2D eigenvalue weighted by atomic mass is 9.96. The summed E-state index contributed by atoms with van der Waals surface area (Å²) in [7, 11) is 1.67. The molecule has 0 unspecified atom stereocenters. The summed E-state index contributed by atoms with van der Waals surface area (Å²) in [5, 5.41) is 0. The first kappa shape index (κ1) is 13.7. The van der Waals surface area contributed by atoms with Crippen molar-refractivity contribution >= 4 is 6.29 Å². The van der Waals surface area contributed by atoms with Crippen molar-refractivity contribution in [2.75, 3.05) is 7.11 Å². The van der Waals surface area contributed by atoms with Crippen LogP contribution in [0.4, 0.5) is 0 Å². The Balaban J connectivity index is 1.69. The first-order valence-electron chi connectivity index (χ1n) is 7.16. The van der Waals surface area contributed by atoms with Crippen LogP contribution in [-0.2, 0) is 12.8 Å². The minimum Gasteiger partial charge on any atom is -0.497 e. The molecule has 0 bridgehead atoms. The molecule has 3 heteroatoms. The van der Waals surface area contributed by atoms with Crippen molar-refractivity contribution in [3.8, 4) is 11.5 Å². The SMILES string of the molecule is COc1ccc(C[C@H]2CCc3cc(C=O)ccc3O2)cc1. The normalized spacial score (nSPS) is 16.7. The Morgan fingerprint density at radius 1 is 1.24 bits per heavy atom. The molecule has 3 nitrogen and oxygen atoms in total. The summed E-state index contributed by atoms with van der Waals surface area (Å²) in [6.07, 6.45) is 3.88. The molecule has 108 valence electrons. The van der Waals surface area contributed by atoms with E-state index >= 15 is 0 Å². The third-order valence-corrected chi connectivity index (χ3v) is 3.87. The first-order chi connectivity index (χ1) is 10.3. The van der Waals surface area contributed by atoms with Gasteiger partial charge in [0.05, 0.1) is 7.11 Å². The Bertz CT molecular complexity index is 631. The lowest BCUT2D eigenvalue weighted by Gasteiger charge is -2.26. The van der Waals surface area contributed by atoms with E-state index < -0.39 is 0 Å². The van der Waals surface area contributed by atoms with Gasteiger partial charge in [0.25, 0.3) is 0 Å². The molecular weight excluding hydrogens is 264 g/mol. The number of carbonyl (C=O) groups excluding carboxylic acids is 1. The topological polar surface area (TPSA) is 35.5 Å². The van der Waals surface area contributed by atoms with Crippen LogP contribution >= 0.6 is 0 Å². The van der Waals surface area contributed by atoms with E-state index in [1.54, 1.807) is 7.11 Å². The number of ether oxygens (including phenoxy) is 2. The maximum absolute atomic E-state index is 10.8. The van der Waals surface area contributed by atoms with Gasteiger partial charge in [0.2, 0.25) is 0 Å². The van der Waals surface area contributed by atoms with Gasteiger partial charge in [0.15, 0.2) is 0 Å². The fourth-order valence-corrected chi connectivity index (χ4v) is 2.71. The number of carbonyl (C=O) groups is 1. The second-order valence-electron chi connectivity index (χ2n) is 5.32. The van der Waals surface area contributed by atoms with Gasteiger partial charge in [-0.3, -0.25) is 4.79 Å². The minimum absolute atomic E-state index is 0.188. The quantitative estimate of drug-likeness (QED) is 0.806. The Morgan fingerprint density at radius 3 is 2.76 bits per heavy atom. The number of benzene rings is 2. The molecule has 1 heterocycles. The summed E-state index contributed by atoms with van der Waals surface area (Å²) >= 11 is 0. The van der Waals surface area contributed by atoms with Gasteiger partial charge in [0.1, 0.15) is 23.9 Å². The zero-order valence-corrected chi connectivity index (χ0v) is 12.0. The highest BCUT2D eigenvalue weighted by Crippen LogP contribution is 2.29. The number of hydrogen-bond acceptors (Lipinski definition) is 3. The maximum Gasteiger partial charge on any atom is 0.150 e. The van der Waals surface area contributed by atoms with Gasteiger partial charge in [0, 0.05) is 12.0 Å². The smallest absolute Gasteiger partial charge is 0.150 e. The third kappa shape index (κ3) is 3.07. The maximum atomic E-state index is 10.8. The third-order valence-electron chi connectivity index (χ3n) is 3.87. The summed E-state index contributed by atoms with van der Waals surface area (Å²) in [5.41, 5.74) is 3.09. The Morgan fingerprint density at radius 2 is 2.05 bits per heavy atom. The van der Waals surface area contributed by atoms with Crippen molar-refractivity contribution in [2.45, 2.75) is 25.4 Å².